The van der Waals surface area contributed by atoms with Crippen LogP contribution in [0.5, 0.6) is 0 Å². The molecule has 7 heteroatoms. The first-order chi connectivity index (χ1) is 7.56. The molecule has 0 aromatic rings. The number of carbonyl (C=O) groups excluding carboxylic acids is 3. The van der Waals surface area contributed by atoms with Crippen LogP contribution in [-0.4, -0.2) is 55.5 Å². The van der Waals surface area contributed by atoms with Gasteiger partial charge < -0.3 is 15.8 Å². The van der Waals surface area contributed by atoms with Gasteiger partial charge in [0.1, 0.15) is 12.6 Å². The van der Waals surface area contributed by atoms with E-state index in [1.807, 2.05) is 0 Å². The van der Waals surface area contributed by atoms with E-state index in [-0.39, 0.29) is 25.5 Å². The van der Waals surface area contributed by atoms with E-state index in [1.54, 1.807) is 0 Å². The van der Waals surface area contributed by atoms with Crippen LogP contribution in [0.1, 0.15) is 6.42 Å². The summed E-state index contributed by atoms with van der Waals surface area (Å²) in [5.74, 6) is -1.11. The van der Waals surface area contributed by atoms with E-state index in [1.165, 1.54) is 7.05 Å². The van der Waals surface area contributed by atoms with Crippen molar-refractivity contribution >= 4 is 17.7 Å². The standard InChI is InChI=1S/C9H15N3O4/c1-12-8(14)4-6(9(12)15)11-7(13)5-16-3-2-10/h6H,2-5,10H2,1H3,(H,11,13). The van der Waals surface area contributed by atoms with E-state index in [0.717, 1.165) is 4.90 Å². The number of ether oxygens (including phenoxy) is 1. The van der Waals surface area contributed by atoms with Crippen LogP contribution in [0, 0.1) is 0 Å². The Balaban J connectivity index is 2.35. The molecular formula is C9H15N3O4. The molecule has 7 nitrogen and oxygen atoms in total. The van der Waals surface area contributed by atoms with Gasteiger partial charge in [-0.25, -0.2) is 0 Å². The van der Waals surface area contributed by atoms with Gasteiger partial charge in [0, 0.05) is 13.6 Å². The minimum Gasteiger partial charge on any atom is -0.370 e. The number of imide groups is 1. The van der Waals surface area contributed by atoms with E-state index in [9.17, 15) is 14.4 Å². The average Bonchev–Trinajstić information content (AvgIpc) is 2.47. The van der Waals surface area contributed by atoms with Crippen LogP contribution in [0.3, 0.4) is 0 Å². The van der Waals surface area contributed by atoms with Crippen LogP contribution in [0.25, 0.3) is 0 Å². The first-order valence-corrected chi connectivity index (χ1v) is 4.94. The van der Waals surface area contributed by atoms with Crippen molar-refractivity contribution < 1.29 is 19.1 Å². The van der Waals surface area contributed by atoms with Crippen LogP contribution >= 0.6 is 0 Å². The molecule has 90 valence electrons. The highest BCUT2D eigenvalue weighted by Crippen LogP contribution is 2.09. The molecule has 1 aliphatic rings. The zero-order valence-electron chi connectivity index (χ0n) is 9.06. The molecule has 1 fully saturated rings. The number of hydrogen-bond donors (Lipinski definition) is 2. The largest absolute Gasteiger partial charge is 0.370 e. The maximum absolute atomic E-state index is 11.4. The first kappa shape index (κ1) is 12.6. The number of likely N-dealkylation sites (N-methyl/N-ethyl adjacent to an activating group) is 1. The van der Waals surface area contributed by atoms with Gasteiger partial charge >= 0.3 is 0 Å². The number of nitrogens with one attached hydrogen (secondary N) is 1. The molecule has 0 bridgehead atoms. The lowest BCUT2D eigenvalue weighted by molar-refractivity contribution is -0.138. The highest BCUT2D eigenvalue weighted by molar-refractivity contribution is 6.06. The predicted molar refractivity (Wildman–Crippen MR) is 54.2 cm³/mol. The van der Waals surface area contributed by atoms with Crippen molar-refractivity contribution in [1.82, 2.24) is 10.2 Å². The van der Waals surface area contributed by atoms with Crippen molar-refractivity contribution in [3.8, 4) is 0 Å². The van der Waals surface area contributed by atoms with Gasteiger partial charge in [-0.3, -0.25) is 19.3 Å². The van der Waals surface area contributed by atoms with E-state index in [4.69, 9.17) is 10.5 Å². The zero-order valence-corrected chi connectivity index (χ0v) is 9.06. The maximum Gasteiger partial charge on any atom is 0.252 e. The summed E-state index contributed by atoms with van der Waals surface area (Å²) in [5, 5.41) is 2.43. The normalized spacial score (nSPS) is 20.4. The molecule has 0 aromatic heterocycles. The molecule has 1 heterocycles. The molecule has 0 aliphatic carbocycles. The first-order valence-electron chi connectivity index (χ1n) is 4.94. The second kappa shape index (κ2) is 5.57. The fraction of sp³-hybridized carbons (Fsp3) is 0.667. The molecule has 3 amide bonds. The molecule has 0 saturated carbocycles. The summed E-state index contributed by atoms with van der Waals surface area (Å²) < 4.78 is 4.90. The second-order valence-electron chi connectivity index (χ2n) is 3.46. The van der Waals surface area contributed by atoms with Crippen molar-refractivity contribution in [3.63, 3.8) is 0 Å². The van der Waals surface area contributed by atoms with E-state index in [0.29, 0.717) is 6.54 Å². The zero-order chi connectivity index (χ0) is 12.1. The molecule has 1 unspecified atom stereocenters. The summed E-state index contributed by atoms with van der Waals surface area (Å²) in [4.78, 5) is 34.8. The Morgan fingerprint density at radius 1 is 1.62 bits per heavy atom. The van der Waals surface area contributed by atoms with Gasteiger partial charge in [-0.2, -0.15) is 0 Å². The van der Waals surface area contributed by atoms with Crippen LogP contribution in [0.2, 0.25) is 0 Å². The number of nitrogens with zero attached hydrogens (tertiary/aromatic N) is 1. The topological polar surface area (TPSA) is 102 Å². The van der Waals surface area contributed by atoms with Crippen molar-refractivity contribution in [2.75, 3.05) is 26.8 Å². The molecular weight excluding hydrogens is 214 g/mol. The van der Waals surface area contributed by atoms with Crippen molar-refractivity contribution in [1.29, 1.82) is 0 Å². The summed E-state index contributed by atoms with van der Waals surface area (Å²) >= 11 is 0. The number of hydrogen-bond acceptors (Lipinski definition) is 5. The quantitative estimate of drug-likeness (QED) is 0.413. The van der Waals surface area contributed by atoms with E-state index < -0.39 is 17.9 Å². The second-order valence-corrected chi connectivity index (χ2v) is 3.46. The summed E-state index contributed by atoms with van der Waals surface area (Å²) in [6, 6.07) is -0.758. The monoisotopic (exact) mass is 229 g/mol. The number of carbonyl (C=O) groups is 3. The number of rotatable bonds is 5. The van der Waals surface area contributed by atoms with Gasteiger partial charge in [-0.1, -0.05) is 0 Å². The van der Waals surface area contributed by atoms with Crippen molar-refractivity contribution in [2.24, 2.45) is 5.73 Å². The fourth-order valence-electron chi connectivity index (χ4n) is 1.35. The Morgan fingerprint density at radius 2 is 2.31 bits per heavy atom. The third kappa shape index (κ3) is 3.01. The average molecular weight is 229 g/mol. The number of likely N-dealkylation sites (tertiary alicyclic amines) is 1. The third-order valence-corrected chi connectivity index (χ3v) is 2.21. The Morgan fingerprint density at radius 3 is 2.81 bits per heavy atom. The number of nitrogens with two attached hydrogens (primary N) is 1. The third-order valence-electron chi connectivity index (χ3n) is 2.21. The lowest BCUT2D eigenvalue weighted by Gasteiger charge is -2.10. The van der Waals surface area contributed by atoms with Gasteiger partial charge in [0.25, 0.3) is 5.91 Å². The minimum atomic E-state index is -0.758. The van der Waals surface area contributed by atoms with Crippen molar-refractivity contribution in [2.45, 2.75) is 12.5 Å². The lowest BCUT2D eigenvalue weighted by atomic mass is 10.2. The van der Waals surface area contributed by atoms with Crippen molar-refractivity contribution in [3.05, 3.63) is 0 Å². The predicted octanol–water partition coefficient (Wildman–Crippen LogP) is -2.16. The highest BCUT2D eigenvalue weighted by Gasteiger charge is 2.36. The lowest BCUT2D eigenvalue weighted by Crippen LogP contribution is -2.42. The Bertz CT molecular complexity index is 305. The molecule has 1 aliphatic heterocycles. The molecule has 0 spiro atoms. The van der Waals surface area contributed by atoms with Gasteiger partial charge in [0.05, 0.1) is 13.0 Å². The van der Waals surface area contributed by atoms with Crippen LogP contribution in [-0.2, 0) is 19.1 Å². The molecule has 1 rings (SSSR count). The van der Waals surface area contributed by atoms with E-state index in [2.05, 4.69) is 5.32 Å². The summed E-state index contributed by atoms with van der Waals surface area (Å²) in [6.07, 6.45) is 0.0119. The summed E-state index contributed by atoms with van der Waals surface area (Å²) in [6.45, 7) is 0.459. The van der Waals surface area contributed by atoms with Gasteiger partial charge in [-0.05, 0) is 0 Å². The summed E-state index contributed by atoms with van der Waals surface area (Å²) in [7, 11) is 1.39. The maximum atomic E-state index is 11.4. The van der Waals surface area contributed by atoms with Crippen LogP contribution in [0.15, 0.2) is 0 Å². The van der Waals surface area contributed by atoms with Crippen LogP contribution in [0.4, 0.5) is 0 Å². The van der Waals surface area contributed by atoms with Gasteiger partial charge in [0.15, 0.2) is 0 Å². The van der Waals surface area contributed by atoms with Gasteiger partial charge in [-0.15, -0.1) is 0 Å². The molecule has 16 heavy (non-hydrogen) atoms. The Hall–Kier alpha value is -1.47. The molecule has 0 radical (unpaired) electrons. The summed E-state index contributed by atoms with van der Waals surface area (Å²) in [5.41, 5.74) is 5.17. The Kier molecular flexibility index (Phi) is 4.39. The van der Waals surface area contributed by atoms with Crippen LogP contribution < -0.4 is 11.1 Å². The Labute approximate surface area is 92.9 Å². The molecule has 1 saturated heterocycles. The van der Waals surface area contributed by atoms with Gasteiger partial charge in [0.2, 0.25) is 11.8 Å². The minimum absolute atomic E-state index is 0.0119. The molecule has 3 N–H and O–H groups in total. The van der Waals surface area contributed by atoms with E-state index >= 15 is 0 Å². The number of amides is 3. The smallest absolute Gasteiger partial charge is 0.252 e. The molecule has 1 atom stereocenters. The highest BCUT2D eigenvalue weighted by atomic mass is 16.5. The SMILES string of the molecule is CN1C(=O)CC(NC(=O)COCCN)C1=O. The molecule has 0 aromatic carbocycles. The fourth-order valence-corrected chi connectivity index (χ4v) is 1.35.